The van der Waals surface area contributed by atoms with Crippen molar-refractivity contribution in [1.82, 2.24) is 9.88 Å². The van der Waals surface area contributed by atoms with E-state index in [2.05, 4.69) is 34.6 Å². The fourth-order valence-corrected chi connectivity index (χ4v) is 2.77. The molecule has 0 saturated carbocycles. The van der Waals surface area contributed by atoms with Crippen LogP contribution in [0.3, 0.4) is 0 Å². The molecule has 0 bridgehead atoms. The van der Waals surface area contributed by atoms with E-state index < -0.39 is 0 Å². The van der Waals surface area contributed by atoms with Crippen molar-refractivity contribution in [3.05, 3.63) is 59.9 Å². The molecule has 24 heavy (non-hydrogen) atoms. The summed E-state index contributed by atoms with van der Waals surface area (Å²) in [5, 5.41) is 3.36. The van der Waals surface area contributed by atoms with E-state index in [0.29, 0.717) is 31.9 Å². The van der Waals surface area contributed by atoms with Crippen molar-refractivity contribution in [2.75, 3.05) is 38.2 Å². The first-order valence-electron chi connectivity index (χ1n) is 8.43. The van der Waals surface area contributed by atoms with Crippen molar-refractivity contribution in [2.45, 2.75) is 12.8 Å². The molecule has 1 aliphatic heterocycles. The van der Waals surface area contributed by atoms with Crippen LogP contribution < -0.4 is 5.32 Å². The molecule has 5 nitrogen and oxygen atoms in total. The minimum atomic E-state index is 0.0266. The standard InChI is InChI=1S/C19H23N3O2/c23-19(22-9-11-24-12-10-22)17-13-18(15-20-14-17)21-8-4-7-16-5-2-1-3-6-16/h1-3,5-6,13-15,21H,4,7-12H2. The van der Waals surface area contributed by atoms with E-state index in [0.717, 1.165) is 25.1 Å². The average molecular weight is 325 g/mol. The van der Waals surface area contributed by atoms with Crippen molar-refractivity contribution < 1.29 is 9.53 Å². The molecule has 3 rings (SSSR count). The number of pyridine rings is 1. The Morgan fingerprint density at radius 2 is 1.96 bits per heavy atom. The van der Waals surface area contributed by atoms with Crippen LogP contribution in [0.4, 0.5) is 5.69 Å². The van der Waals surface area contributed by atoms with E-state index in [1.165, 1.54) is 5.56 Å². The molecule has 0 atom stereocenters. The predicted molar refractivity (Wildman–Crippen MR) is 94.2 cm³/mol. The lowest BCUT2D eigenvalue weighted by Crippen LogP contribution is -2.40. The summed E-state index contributed by atoms with van der Waals surface area (Å²) in [7, 11) is 0. The van der Waals surface area contributed by atoms with Gasteiger partial charge in [0.05, 0.1) is 24.5 Å². The van der Waals surface area contributed by atoms with Crippen LogP contribution in [-0.2, 0) is 11.2 Å². The van der Waals surface area contributed by atoms with Gasteiger partial charge < -0.3 is 15.0 Å². The highest BCUT2D eigenvalue weighted by molar-refractivity contribution is 5.94. The van der Waals surface area contributed by atoms with Crippen LogP contribution >= 0.6 is 0 Å². The summed E-state index contributed by atoms with van der Waals surface area (Å²) < 4.78 is 5.29. The summed E-state index contributed by atoms with van der Waals surface area (Å²) in [6, 6.07) is 12.3. The number of nitrogens with zero attached hydrogens (tertiary/aromatic N) is 2. The second-order valence-electron chi connectivity index (χ2n) is 5.88. The maximum absolute atomic E-state index is 12.5. The zero-order chi connectivity index (χ0) is 16.6. The Morgan fingerprint density at radius 3 is 2.75 bits per heavy atom. The van der Waals surface area contributed by atoms with Gasteiger partial charge in [-0.2, -0.15) is 0 Å². The van der Waals surface area contributed by atoms with E-state index in [9.17, 15) is 4.79 Å². The Kier molecular flexibility index (Phi) is 5.80. The van der Waals surface area contributed by atoms with E-state index in [1.807, 2.05) is 17.0 Å². The molecule has 2 heterocycles. The zero-order valence-corrected chi connectivity index (χ0v) is 13.8. The summed E-state index contributed by atoms with van der Waals surface area (Å²) in [5.74, 6) is 0.0266. The maximum atomic E-state index is 12.5. The number of morpholine rings is 1. The number of rotatable bonds is 6. The Hall–Kier alpha value is -2.40. The third kappa shape index (κ3) is 4.55. The number of carbonyl (C=O) groups excluding carboxylic acids is 1. The van der Waals surface area contributed by atoms with Gasteiger partial charge in [-0.25, -0.2) is 0 Å². The first kappa shape index (κ1) is 16.5. The van der Waals surface area contributed by atoms with Crippen molar-refractivity contribution in [3.8, 4) is 0 Å². The second kappa shape index (κ2) is 8.45. The Bertz CT molecular complexity index is 655. The molecule has 2 aromatic rings. The molecule has 1 aromatic carbocycles. The van der Waals surface area contributed by atoms with Crippen molar-refractivity contribution >= 4 is 11.6 Å². The van der Waals surface area contributed by atoms with Crippen LogP contribution in [0.25, 0.3) is 0 Å². The molecule has 1 aromatic heterocycles. The van der Waals surface area contributed by atoms with Gasteiger partial charge in [-0.05, 0) is 24.5 Å². The number of aromatic nitrogens is 1. The van der Waals surface area contributed by atoms with Crippen LogP contribution in [0.2, 0.25) is 0 Å². The lowest BCUT2D eigenvalue weighted by molar-refractivity contribution is 0.0302. The van der Waals surface area contributed by atoms with E-state index in [4.69, 9.17) is 4.74 Å². The van der Waals surface area contributed by atoms with Gasteiger partial charge >= 0.3 is 0 Å². The van der Waals surface area contributed by atoms with Gasteiger partial charge in [-0.1, -0.05) is 30.3 Å². The number of nitrogens with one attached hydrogen (secondary N) is 1. The molecule has 1 fully saturated rings. The molecular formula is C19H23N3O2. The molecule has 0 radical (unpaired) electrons. The highest BCUT2D eigenvalue weighted by Crippen LogP contribution is 2.12. The Balaban J connectivity index is 1.50. The molecule has 1 N–H and O–H groups in total. The number of ether oxygens (including phenoxy) is 1. The molecule has 0 aliphatic carbocycles. The number of hydrogen-bond acceptors (Lipinski definition) is 4. The van der Waals surface area contributed by atoms with Crippen molar-refractivity contribution in [3.63, 3.8) is 0 Å². The number of hydrogen-bond donors (Lipinski definition) is 1. The van der Waals surface area contributed by atoms with Crippen molar-refractivity contribution in [1.29, 1.82) is 0 Å². The highest BCUT2D eigenvalue weighted by Gasteiger charge is 2.18. The minimum Gasteiger partial charge on any atom is -0.384 e. The fraction of sp³-hybridized carbons (Fsp3) is 0.368. The monoisotopic (exact) mass is 325 g/mol. The van der Waals surface area contributed by atoms with Gasteiger partial charge in [0.2, 0.25) is 0 Å². The van der Waals surface area contributed by atoms with Gasteiger partial charge in [0.1, 0.15) is 0 Å². The van der Waals surface area contributed by atoms with Crippen molar-refractivity contribution in [2.24, 2.45) is 0 Å². The largest absolute Gasteiger partial charge is 0.384 e. The predicted octanol–water partition coefficient (Wildman–Crippen LogP) is 2.60. The van der Waals surface area contributed by atoms with E-state index in [-0.39, 0.29) is 5.91 Å². The first-order chi connectivity index (χ1) is 11.8. The van der Waals surface area contributed by atoms with Crippen LogP contribution in [0.1, 0.15) is 22.3 Å². The minimum absolute atomic E-state index is 0.0266. The number of benzene rings is 1. The van der Waals surface area contributed by atoms with E-state index in [1.54, 1.807) is 12.4 Å². The van der Waals surface area contributed by atoms with Gasteiger partial charge in [0, 0.05) is 32.0 Å². The maximum Gasteiger partial charge on any atom is 0.255 e. The van der Waals surface area contributed by atoms with Gasteiger partial charge in [-0.15, -0.1) is 0 Å². The SMILES string of the molecule is O=C(c1cncc(NCCCc2ccccc2)c1)N1CCOCC1. The summed E-state index contributed by atoms with van der Waals surface area (Å²) in [5.41, 5.74) is 2.86. The quantitative estimate of drug-likeness (QED) is 0.830. The van der Waals surface area contributed by atoms with Crippen LogP contribution in [0, 0.1) is 0 Å². The molecular weight excluding hydrogens is 302 g/mol. The molecule has 1 amide bonds. The highest BCUT2D eigenvalue weighted by atomic mass is 16.5. The van der Waals surface area contributed by atoms with E-state index >= 15 is 0 Å². The molecule has 0 unspecified atom stereocenters. The first-order valence-corrected chi connectivity index (χ1v) is 8.43. The molecule has 126 valence electrons. The molecule has 1 saturated heterocycles. The molecule has 0 spiro atoms. The van der Waals surface area contributed by atoms with Crippen LogP contribution in [0.5, 0.6) is 0 Å². The third-order valence-corrected chi connectivity index (χ3v) is 4.10. The molecule has 5 heteroatoms. The number of carbonyl (C=O) groups is 1. The number of anilines is 1. The van der Waals surface area contributed by atoms with Gasteiger partial charge in [0.25, 0.3) is 5.91 Å². The Morgan fingerprint density at radius 1 is 1.17 bits per heavy atom. The zero-order valence-electron chi connectivity index (χ0n) is 13.8. The van der Waals surface area contributed by atoms with Gasteiger partial charge in [0.15, 0.2) is 0 Å². The van der Waals surface area contributed by atoms with Crippen LogP contribution in [-0.4, -0.2) is 48.6 Å². The lowest BCUT2D eigenvalue weighted by atomic mass is 10.1. The summed E-state index contributed by atoms with van der Waals surface area (Å²) in [6.07, 6.45) is 5.46. The Labute approximate surface area is 142 Å². The normalized spacial score (nSPS) is 14.4. The summed E-state index contributed by atoms with van der Waals surface area (Å²) in [4.78, 5) is 18.5. The summed E-state index contributed by atoms with van der Waals surface area (Å²) >= 11 is 0. The summed E-state index contributed by atoms with van der Waals surface area (Å²) in [6.45, 7) is 3.36. The smallest absolute Gasteiger partial charge is 0.255 e. The van der Waals surface area contributed by atoms with Gasteiger partial charge in [-0.3, -0.25) is 9.78 Å². The number of aryl methyl sites for hydroxylation is 1. The third-order valence-electron chi connectivity index (χ3n) is 4.10. The average Bonchev–Trinajstić information content (AvgIpc) is 2.66. The number of amides is 1. The fourth-order valence-electron chi connectivity index (χ4n) is 2.77. The topological polar surface area (TPSA) is 54.5 Å². The van der Waals surface area contributed by atoms with Crippen LogP contribution in [0.15, 0.2) is 48.8 Å². The molecule has 1 aliphatic rings. The second-order valence-corrected chi connectivity index (χ2v) is 5.88. The lowest BCUT2D eigenvalue weighted by Gasteiger charge is -2.26.